The third kappa shape index (κ3) is 1.90. The van der Waals surface area contributed by atoms with E-state index in [1.165, 1.54) is 12.8 Å². The van der Waals surface area contributed by atoms with Crippen molar-refractivity contribution in [2.45, 2.75) is 49.7 Å². The second kappa shape index (κ2) is 4.48. The number of likely N-dealkylation sites (tertiary alicyclic amines) is 1. The summed E-state index contributed by atoms with van der Waals surface area (Å²) in [5, 5.41) is 30.2. The number of aliphatic hydroxyl groups is 3. The van der Waals surface area contributed by atoms with Gasteiger partial charge in [-0.1, -0.05) is 0 Å². The van der Waals surface area contributed by atoms with Gasteiger partial charge in [0.2, 0.25) is 0 Å². The van der Waals surface area contributed by atoms with Crippen molar-refractivity contribution >= 4 is 0 Å². The summed E-state index contributed by atoms with van der Waals surface area (Å²) >= 11 is 0. The highest BCUT2D eigenvalue weighted by molar-refractivity contribution is 5.04. The molecular weight excluding hydrogens is 220 g/mol. The Bertz CT molecular complexity index is 283. The lowest BCUT2D eigenvalue weighted by Gasteiger charge is -2.46. The highest BCUT2D eigenvalue weighted by atomic mass is 16.3. The van der Waals surface area contributed by atoms with Gasteiger partial charge in [-0.25, -0.2) is 0 Å². The highest BCUT2D eigenvalue weighted by Gasteiger charge is 2.49. The maximum Gasteiger partial charge on any atom is 0.0994 e. The number of rotatable bonds is 1. The van der Waals surface area contributed by atoms with Crippen molar-refractivity contribution in [2.24, 2.45) is 0 Å². The van der Waals surface area contributed by atoms with Crippen molar-refractivity contribution in [3.63, 3.8) is 0 Å². The van der Waals surface area contributed by atoms with Gasteiger partial charge in [0.05, 0.1) is 30.4 Å². The van der Waals surface area contributed by atoms with E-state index < -0.39 is 18.3 Å². The van der Waals surface area contributed by atoms with E-state index in [1.807, 2.05) is 0 Å². The number of fused-ring (bicyclic) bond motifs is 1. The molecule has 3 fully saturated rings. The molecule has 5 atom stereocenters. The molecule has 0 aliphatic carbocycles. The summed E-state index contributed by atoms with van der Waals surface area (Å²) in [6.07, 6.45) is 1.06. The summed E-state index contributed by atoms with van der Waals surface area (Å²) in [6.45, 7) is 3.66. The third-order valence-corrected chi connectivity index (χ3v) is 4.65. The van der Waals surface area contributed by atoms with Crippen molar-refractivity contribution in [1.82, 2.24) is 9.80 Å². The Morgan fingerprint density at radius 3 is 2.24 bits per heavy atom. The number of aliphatic hydroxyl groups excluding tert-OH is 3. The first-order chi connectivity index (χ1) is 8.18. The van der Waals surface area contributed by atoms with Crippen LogP contribution in [0.3, 0.4) is 0 Å². The molecule has 5 nitrogen and oxygen atoms in total. The molecule has 3 aliphatic rings. The number of hydrogen-bond donors (Lipinski definition) is 3. The molecule has 0 amide bonds. The van der Waals surface area contributed by atoms with Crippen LogP contribution in [0.2, 0.25) is 0 Å². The Balaban J connectivity index is 1.75. The van der Waals surface area contributed by atoms with Crippen molar-refractivity contribution < 1.29 is 15.3 Å². The van der Waals surface area contributed by atoms with Gasteiger partial charge in [0, 0.05) is 13.1 Å². The predicted molar refractivity (Wildman–Crippen MR) is 62.6 cm³/mol. The maximum atomic E-state index is 10.2. The topological polar surface area (TPSA) is 67.2 Å². The van der Waals surface area contributed by atoms with Gasteiger partial charge in [-0.2, -0.15) is 0 Å². The van der Waals surface area contributed by atoms with Crippen LogP contribution in [0.25, 0.3) is 0 Å². The fourth-order valence-electron chi connectivity index (χ4n) is 3.70. The molecule has 0 aromatic rings. The molecular formula is C12H22N2O3. The second-order valence-corrected chi connectivity index (χ2v) is 5.63. The Hall–Kier alpha value is -0.200. The molecule has 0 bridgehead atoms. The van der Waals surface area contributed by atoms with Gasteiger partial charge < -0.3 is 15.3 Å². The smallest absolute Gasteiger partial charge is 0.0994 e. The molecule has 3 aliphatic heterocycles. The Morgan fingerprint density at radius 1 is 0.824 bits per heavy atom. The minimum Gasteiger partial charge on any atom is -0.391 e. The van der Waals surface area contributed by atoms with Gasteiger partial charge >= 0.3 is 0 Å². The molecule has 0 saturated carbocycles. The van der Waals surface area contributed by atoms with E-state index in [2.05, 4.69) is 9.80 Å². The van der Waals surface area contributed by atoms with E-state index >= 15 is 0 Å². The largest absolute Gasteiger partial charge is 0.391 e. The van der Waals surface area contributed by atoms with E-state index in [0.717, 1.165) is 26.2 Å². The van der Waals surface area contributed by atoms with E-state index in [0.29, 0.717) is 6.42 Å². The molecule has 3 saturated heterocycles. The van der Waals surface area contributed by atoms with Crippen molar-refractivity contribution in [1.29, 1.82) is 0 Å². The first-order valence-corrected chi connectivity index (χ1v) is 6.71. The quantitative estimate of drug-likeness (QED) is 0.529. The zero-order valence-electron chi connectivity index (χ0n) is 10.1. The van der Waals surface area contributed by atoms with Crippen LogP contribution < -0.4 is 0 Å². The van der Waals surface area contributed by atoms with Crippen LogP contribution in [0.1, 0.15) is 19.3 Å². The zero-order valence-corrected chi connectivity index (χ0v) is 10.1. The average molecular weight is 242 g/mol. The summed E-state index contributed by atoms with van der Waals surface area (Å²) in [6, 6.07) is -0.224. The summed E-state index contributed by atoms with van der Waals surface area (Å²) in [5.74, 6) is 0. The first kappa shape index (κ1) is 11.9. The maximum absolute atomic E-state index is 10.2. The van der Waals surface area contributed by atoms with Crippen LogP contribution in [0.5, 0.6) is 0 Å². The van der Waals surface area contributed by atoms with Gasteiger partial charge in [0.1, 0.15) is 0 Å². The van der Waals surface area contributed by atoms with Crippen LogP contribution in [-0.2, 0) is 0 Å². The van der Waals surface area contributed by atoms with E-state index in [9.17, 15) is 15.3 Å². The molecule has 3 heterocycles. The van der Waals surface area contributed by atoms with Crippen LogP contribution >= 0.6 is 0 Å². The zero-order chi connectivity index (χ0) is 12.0. The van der Waals surface area contributed by atoms with Crippen LogP contribution in [-0.4, -0.2) is 81.7 Å². The van der Waals surface area contributed by atoms with Crippen molar-refractivity contribution in [2.75, 3.05) is 26.2 Å². The molecule has 98 valence electrons. The molecule has 17 heavy (non-hydrogen) atoms. The molecule has 0 aromatic heterocycles. The van der Waals surface area contributed by atoms with Gasteiger partial charge in [-0.3, -0.25) is 9.80 Å². The SMILES string of the molecule is OC1CCN2CC(N3CCCC3)C(O)[C@H](O)[C@@H]12. The Labute approximate surface area is 102 Å². The van der Waals surface area contributed by atoms with E-state index in [4.69, 9.17) is 0 Å². The molecule has 3 N–H and O–H groups in total. The van der Waals surface area contributed by atoms with E-state index in [-0.39, 0.29) is 12.1 Å². The monoisotopic (exact) mass is 242 g/mol. The van der Waals surface area contributed by atoms with Crippen LogP contribution in [0.15, 0.2) is 0 Å². The van der Waals surface area contributed by atoms with Gasteiger partial charge in [-0.05, 0) is 32.4 Å². The summed E-state index contributed by atoms with van der Waals surface area (Å²) in [5.41, 5.74) is 0. The van der Waals surface area contributed by atoms with Crippen LogP contribution in [0, 0.1) is 0 Å². The molecule has 0 radical (unpaired) electrons. The highest BCUT2D eigenvalue weighted by Crippen LogP contribution is 2.31. The lowest BCUT2D eigenvalue weighted by molar-refractivity contribution is -0.122. The Kier molecular flexibility index (Phi) is 3.13. The van der Waals surface area contributed by atoms with Gasteiger partial charge in [0.15, 0.2) is 0 Å². The summed E-state index contributed by atoms with van der Waals surface area (Å²) < 4.78 is 0. The van der Waals surface area contributed by atoms with Gasteiger partial charge in [-0.15, -0.1) is 0 Å². The second-order valence-electron chi connectivity index (χ2n) is 5.63. The molecule has 0 spiro atoms. The van der Waals surface area contributed by atoms with Crippen molar-refractivity contribution in [3.05, 3.63) is 0 Å². The van der Waals surface area contributed by atoms with Gasteiger partial charge in [0.25, 0.3) is 0 Å². The normalized spacial score (nSPS) is 48.5. The number of nitrogens with zero attached hydrogens (tertiary/aromatic N) is 2. The minimum atomic E-state index is -0.813. The standard InChI is InChI=1S/C12H22N2O3/c15-9-3-6-14-7-8(13-4-1-2-5-13)11(16)12(17)10(9)14/h8-12,15-17H,1-7H2/t8?,9?,10-,11?,12-/m1/s1. The molecule has 3 rings (SSSR count). The summed E-state index contributed by atoms with van der Waals surface area (Å²) in [7, 11) is 0. The fourth-order valence-corrected chi connectivity index (χ4v) is 3.70. The number of piperidine rings is 1. The Morgan fingerprint density at radius 2 is 1.53 bits per heavy atom. The van der Waals surface area contributed by atoms with Crippen LogP contribution in [0.4, 0.5) is 0 Å². The van der Waals surface area contributed by atoms with Crippen molar-refractivity contribution in [3.8, 4) is 0 Å². The summed E-state index contributed by atoms with van der Waals surface area (Å²) in [4.78, 5) is 4.43. The fraction of sp³-hybridized carbons (Fsp3) is 1.00. The lowest BCUT2D eigenvalue weighted by atomic mass is 9.90. The average Bonchev–Trinajstić information content (AvgIpc) is 2.93. The molecule has 0 aromatic carbocycles. The van der Waals surface area contributed by atoms with E-state index in [1.54, 1.807) is 0 Å². The third-order valence-electron chi connectivity index (χ3n) is 4.65. The molecule has 3 unspecified atom stereocenters. The first-order valence-electron chi connectivity index (χ1n) is 6.71. The number of hydrogen-bond acceptors (Lipinski definition) is 5. The predicted octanol–water partition coefficient (Wildman–Crippen LogP) is -1.38. The molecule has 5 heteroatoms. The minimum absolute atomic E-state index is 0.0362. The lowest BCUT2D eigenvalue weighted by Crippen LogP contribution is -2.65.